The maximum absolute atomic E-state index is 14.5. The van der Waals surface area contributed by atoms with Crippen molar-refractivity contribution in [3.05, 3.63) is 89.0 Å². The quantitative estimate of drug-likeness (QED) is 0.178. The van der Waals surface area contributed by atoms with Crippen molar-refractivity contribution in [1.82, 2.24) is 25.1 Å². The van der Waals surface area contributed by atoms with Crippen molar-refractivity contribution in [3.8, 4) is 17.1 Å². The van der Waals surface area contributed by atoms with Gasteiger partial charge in [-0.15, -0.1) is 0 Å². The highest BCUT2D eigenvalue weighted by Gasteiger charge is 2.43. The predicted octanol–water partition coefficient (Wildman–Crippen LogP) is 8.20. The van der Waals surface area contributed by atoms with Gasteiger partial charge in [0.25, 0.3) is 5.91 Å². The Hall–Kier alpha value is -4.23. The normalized spacial score (nSPS) is 17.5. The molecular formula is C37H39F6N5O2. The summed E-state index contributed by atoms with van der Waals surface area (Å²) < 4.78 is 91.0. The summed E-state index contributed by atoms with van der Waals surface area (Å²) >= 11 is 0. The summed E-state index contributed by atoms with van der Waals surface area (Å²) in [6.07, 6.45) is -4.30. The molecule has 2 aliphatic rings. The van der Waals surface area contributed by atoms with Gasteiger partial charge in [0.2, 0.25) is 5.88 Å². The van der Waals surface area contributed by atoms with E-state index in [0.717, 1.165) is 50.9 Å². The SMILES string of the molecule is CCOc1ccc2nc(-c3cccc(C(F)(F)F)c3)c(CN3CCC(N4CCCCC4)CC3)c(C(=O)NC(c3ccccc3)C(F)(F)F)c2n1. The number of ether oxygens (including phenoxy) is 1. The molecule has 0 bridgehead atoms. The van der Waals surface area contributed by atoms with E-state index in [-0.39, 0.29) is 58.0 Å². The van der Waals surface area contributed by atoms with E-state index in [1.807, 2.05) is 0 Å². The number of aromatic nitrogens is 2. The molecule has 2 aromatic heterocycles. The number of pyridine rings is 2. The van der Waals surface area contributed by atoms with Crippen LogP contribution in [0.5, 0.6) is 5.88 Å². The molecular weight excluding hydrogens is 660 g/mol. The fourth-order valence-corrected chi connectivity index (χ4v) is 7.02. The number of carbonyl (C=O) groups excluding carboxylic acids is 1. The summed E-state index contributed by atoms with van der Waals surface area (Å²) in [5.74, 6) is -0.942. The Balaban J connectivity index is 1.49. The Labute approximate surface area is 286 Å². The lowest BCUT2D eigenvalue weighted by molar-refractivity contribution is -0.155. The van der Waals surface area contributed by atoms with Crippen molar-refractivity contribution in [2.75, 3.05) is 32.8 Å². The molecule has 2 aliphatic heterocycles. The molecule has 1 unspecified atom stereocenters. The van der Waals surface area contributed by atoms with E-state index in [1.54, 1.807) is 13.0 Å². The molecule has 13 heteroatoms. The Kier molecular flexibility index (Phi) is 10.6. The maximum atomic E-state index is 14.5. The molecule has 4 aromatic rings. The third-order valence-electron chi connectivity index (χ3n) is 9.47. The van der Waals surface area contributed by atoms with Crippen LogP contribution in [0.2, 0.25) is 0 Å². The smallest absolute Gasteiger partial charge is 0.416 e. The topological polar surface area (TPSA) is 70.6 Å². The second-order valence-electron chi connectivity index (χ2n) is 12.8. The molecule has 0 saturated carbocycles. The van der Waals surface area contributed by atoms with Crippen LogP contribution in [0, 0.1) is 0 Å². The van der Waals surface area contributed by atoms with Crippen LogP contribution >= 0.6 is 0 Å². The van der Waals surface area contributed by atoms with E-state index in [2.05, 4.69) is 20.1 Å². The average Bonchev–Trinajstić information content (AvgIpc) is 3.10. The molecule has 0 aliphatic carbocycles. The van der Waals surface area contributed by atoms with Gasteiger partial charge >= 0.3 is 12.4 Å². The third kappa shape index (κ3) is 8.04. The van der Waals surface area contributed by atoms with Gasteiger partial charge in [-0.1, -0.05) is 48.9 Å². The highest BCUT2D eigenvalue weighted by Crippen LogP contribution is 2.38. The Bertz CT molecular complexity index is 1790. The Morgan fingerprint density at radius 1 is 0.900 bits per heavy atom. The highest BCUT2D eigenvalue weighted by molar-refractivity contribution is 6.08. The predicted molar refractivity (Wildman–Crippen MR) is 178 cm³/mol. The standard InChI is InChI=1S/C37H39F6N5O2/c1-2-50-30-15-14-29-33(45-30)31(35(49)46-34(37(41,42)43)24-10-5-3-6-11-24)28(32(44-29)25-12-9-13-26(22-25)36(38,39)40)23-47-20-16-27(17-21-47)48-18-7-4-8-19-48/h3,5-6,9-15,22,27,34H,2,4,7-8,16-21,23H2,1H3,(H,46,49). The van der Waals surface area contributed by atoms with Crippen LogP contribution in [0.4, 0.5) is 26.3 Å². The van der Waals surface area contributed by atoms with Crippen LogP contribution in [0.1, 0.15) is 72.1 Å². The van der Waals surface area contributed by atoms with Crippen molar-refractivity contribution in [2.24, 2.45) is 0 Å². The van der Waals surface area contributed by atoms with Crippen LogP contribution in [0.3, 0.4) is 0 Å². The molecule has 50 heavy (non-hydrogen) atoms. The zero-order valence-electron chi connectivity index (χ0n) is 27.7. The van der Waals surface area contributed by atoms with Crippen LogP contribution in [-0.2, 0) is 12.7 Å². The number of likely N-dealkylation sites (tertiary alicyclic amines) is 2. The first kappa shape index (κ1) is 35.6. The minimum Gasteiger partial charge on any atom is -0.478 e. The fourth-order valence-electron chi connectivity index (χ4n) is 7.02. The molecule has 7 nitrogen and oxygen atoms in total. The molecule has 4 heterocycles. The summed E-state index contributed by atoms with van der Waals surface area (Å²) in [6.45, 7) is 5.37. The summed E-state index contributed by atoms with van der Waals surface area (Å²) in [5, 5.41) is 2.20. The lowest BCUT2D eigenvalue weighted by Crippen LogP contribution is -2.46. The number of hydrogen-bond acceptors (Lipinski definition) is 6. The molecule has 2 fully saturated rings. The van der Waals surface area contributed by atoms with E-state index < -0.39 is 29.9 Å². The largest absolute Gasteiger partial charge is 0.478 e. The molecule has 1 N–H and O–H groups in total. The van der Waals surface area contributed by atoms with Crippen LogP contribution in [0.25, 0.3) is 22.3 Å². The number of piperidine rings is 2. The van der Waals surface area contributed by atoms with E-state index in [9.17, 15) is 31.1 Å². The molecule has 1 amide bonds. The van der Waals surface area contributed by atoms with Crippen molar-refractivity contribution in [2.45, 2.75) is 70.0 Å². The van der Waals surface area contributed by atoms with Gasteiger partial charge in [0.1, 0.15) is 5.52 Å². The van der Waals surface area contributed by atoms with E-state index in [1.165, 1.54) is 55.0 Å². The van der Waals surface area contributed by atoms with Crippen LogP contribution < -0.4 is 10.1 Å². The zero-order chi connectivity index (χ0) is 35.5. The lowest BCUT2D eigenvalue weighted by atomic mass is 9.94. The van der Waals surface area contributed by atoms with Gasteiger partial charge in [-0.05, 0) is 82.5 Å². The minimum absolute atomic E-state index is 0.00337. The van der Waals surface area contributed by atoms with Gasteiger partial charge in [-0.3, -0.25) is 9.69 Å². The van der Waals surface area contributed by atoms with Crippen LogP contribution in [0.15, 0.2) is 66.7 Å². The summed E-state index contributed by atoms with van der Waals surface area (Å²) in [5.41, 5.74) is -0.804. The van der Waals surface area contributed by atoms with Crippen molar-refractivity contribution in [1.29, 1.82) is 0 Å². The van der Waals surface area contributed by atoms with Crippen molar-refractivity contribution in [3.63, 3.8) is 0 Å². The molecule has 0 radical (unpaired) electrons. The average molecular weight is 700 g/mol. The maximum Gasteiger partial charge on any atom is 0.416 e. The number of amides is 1. The molecule has 266 valence electrons. The third-order valence-corrected chi connectivity index (χ3v) is 9.47. The second-order valence-corrected chi connectivity index (χ2v) is 12.8. The van der Waals surface area contributed by atoms with E-state index in [0.29, 0.717) is 19.1 Å². The zero-order valence-corrected chi connectivity index (χ0v) is 27.7. The number of halogens is 6. The molecule has 2 aromatic carbocycles. The number of carbonyl (C=O) groups is 1. The van der Waals surface area contributed by atoms with Gasteiger partial charge in [0.05, 0.1) is 28.9 Å². The van der Waals surface area contributed by atoms with Gasteiger partial charge in [-0.2, -0.15) is 26.3 Å². The van der Waals surface area contributed by atoms with Gasteiger partial charge in [-0.25, -0.2) is 9.97 Å². The van der Waals surface area contributed by atoms with E-state index >= 15 is 0 Å². The van der Waals surface area contributed by atoms with Gasteiger partial charge in [0, 0.05) is 29.8 Å². The molecule has 6 rings (SSSR count). The number of alkyl halides is 6. The number of benzene rings is 2. The summed E-state index contributed by atoms with van der Waals surface area (Å²) in [6, 6.07) is 12.7. The minimum atomic E-state index is -4.86. The first-order chi connectivity index (χ1) is 23.9. The first-order valence-electron chi connectivity index (χ1n) is 17.0. The number of nitrogens with zero attached hydrogens (tertiary/aromatic N) is 4. The number of hydrogen-bond donors (Lipinski definition) is 1. The monoisotopic (exact) mass is 699 g/mol. The molecule has 0 spiro atoms. The highest BCUT2D eigenvalue weighted by atomic mass is 19.4. The molecule has 2 saturated heterocycles. The van der Waals surface area contributed by atoms with Crippen molar-refractivity contribution >= 4 is 16.9 Å². The fraction of sp³-hybridized carbons (Fsp3) is 0.432. The number of nitrogens with one attached hydrogen (secondary N) is 1. The van der Waals surface area contributed by atoms with Gasteiger partial charge < -0.3 is 15.0 Å². The van der Waals surface area contributed by atoms with Gasteiger partial charge in [0.15, 0.2) is 6.04 Å². The number of rotatable bonds is 9. The molecule has 1 atom stereocenters. The second kappa shape index (κ2) is 14.9. The van der Waals surface area contributed by atoms with Crippen molar-refractivity contribution < 1.29 is 35.9 Å². The Morgan fingerprint density at radius 2 is 1.62 bits per heavy atom. The summed E-state index contributed by atoms with van der Waals surface area (Å²) in [4.78, 5) is 28.2. The number of fused-ring (bicyclic) bond motifs is 1. The van der Waals surface area contributed by atoms with E-state index in [4.69, 9.17) is 9.72 Å². The summed E-state index contributed by atoms with van der Waals surface area (Å²) in [7, 11) is 0. The van der Waals surface area contributed by atoms with Crippen LogP contribution in [-0.4, -0.2) is 70.7 Å². The Morgan fingerprint density at radius 3 is 2.28 bits per heavy atom. The lowest BCUT2D eigenvalue weighted by Gasteiger charge is -2.40. The first-order valence-corrected chi connectivity index (χ1v) is 17.0.